The minimum absolute atomic E-state index is 0.0223. The number of nitrogens with one attached hydrogen (secondary N) is 2. The maximum atomic E-state index is 12.7. The maximum Gasteiger partial charge on any atom is 0.228 e. The molecule has 0 bridgehead atoms. The van der Waals surface area contributed by atoms with Crippen molar-refractivity contribution >= 4 is 17.5 Å². The van der Waals surface area contributed by atoms with Gasteiger partial charge in [-0.1, -0.05) is 31.5 Å². The average Bonchev–Trinajstić information content (AvgIpc) is 2.66. The van der Waals surface area contributed by atoms with Crippen LogP contribution in [0, 0.1) is 5.92 Å². The van der Waals surface area contributed by atoms with Crippen molar-refractivity contribution in [3.8, 4) is 0 Å². The highest BCUT2D eigenvalue weighted by Gasteiger charge is 2.30. The number of piperidine rings is 1. The molecule has 2 N–H and O–H groups in total. The van der Waals surface area contributed by atoms with E-state index in [9.17, 15) is 9.59 Å². The molecule has 142 valence electrons. The zero-order valence-corrected chi connectivity index (χ0v) is 15.8. The number of rotatable bonds is 7. The van der Waals surface area contributed by atoms with Crippen LogP contribution in [0.25, 0.3) is 0 Å². The first kappa shape index (κ1) is 18.9. The Morgan fingerprint density at radius 1 is 1.35 bits per heavy atom. The van der Waals surface area contributed by atoms with Crippen LogP contribution in [0.3, 0.4) is 0 Å². The number of anilines is 1. The van der Waals surface area contributed by atoms with Gasteiger partial charge in [-0.3, -0.25) is 9.59 Å². The van der Waals surface area contributed by atoms with Crippen molar-refractivity contribution in [3.05, 3.63) is 29.8 Å². The van der Waals surface area contributed by atoms with Gasteiger partial charge in [-0.2, -0.15) is 0 Å². The highest BCUT2D eigenvalue weighted by atomic mass is 16.2. The van der Waals surface area contributed by atoms with Crippen molar-refractivity contribution in [1.82, 2.24) is 10.2 Å². The topological polar surface area (TPSA) is 61.4 Å². The van der Waals surface area contributed by atoms with E-state index in [1.807, 2.05) is 24.3 Å². The zero-order chi connectivity index (χ0) is 18.4. The molecule has 0 spiro atoms. The van der Waals surface area contributed by atoms with Crippen LogP contribution >= 0.6 is 0 Å². The number of likely N-dealkylation sites (tertiary alicyclic amines) is 1. The van der Waals surface area contributed by atoms with E-state index in [1.165, 1.54) is 38.8 Å². The van der Waals surface area contributed by atoms with Gasteiger partial charge in [0.15, 0.2) is 0 Å². The Morgan fingerprint density at radius 2 is 2.19 bits per heavy atom. The molecule has 5 nitrogen and oxygen atoms in total. The van der Waals surface area contributed by atoms with E-state index >= 15 is 0 Å². The number of carbonyl (C=O) groups excluding carboxylic acids is 2. The number of para-hydroxylation sites is 1. The second-order valence-electron chi connectivity index (χ2n) is 7.63. The molecule has 0 radical (unpaired) electrons. The van der Waals surface area contributed by atoms with Gasteiger partial charge in [0, 0.05) is 25.2 Å². The standard InChI is InChI=1S/C21H31N3O2/c1-2-3-12-24-13-6-7-16(15-24)10-11-22-21(26)18-14-20(25)23-19-9-5-4-8-17(18)19/h4-5,8-9,16,18H,2-3,6-7,10-15H2,1H3,(H,22,26)(H,23,25). The largest absolute Gasteiger partial charge is 0.356 e. The van der Waals surface area contributed by atoms with Crippen LogP contribution in [0.1, 0.15) is 56.9 Å². The van der Waals surface area contributed by atoms with Crippen LogP contribution in [0.2, 0.25) is 0 Å². The van der Waals surface area contributed by atoms with Gasteiger partial charge >= 0.3 is 0 Å². The summed E-state index contributed by atoms with van der Waals surface area (Å²) in [7, 11) is 0. The fourth-order valence-electron chi connectivity index (χ4n) is 4.14. The summed E-state index contributed by atoms with van der Waals surface area (Å²) in [5.41, 5.74) is 1.69. The molecule has 2 atom stereocenters. The zero-order valence-electron chi connectivity index (χ0n) is 15.8. The molecule has 3 rings (SSSR count). The molecule has 0 aliphatic carbocycles. The van der Waals surface area contributed by atoms with E-state index in [4.69, 9.17) is 0 Å². The highest BCUT2D eigenvalue weighted by molar-refractivity contribution is 6.01. The molecular formula is C21H31N3O2. The van der Waals surface area contributed by atoms with E-state index in [2.05, 4.69) is 22.5 Å². The molecule has 1 fully saturated rings. The van der Waals surface area contributed by atoms with Crippen molar-refractivity contribution in [1.29, 1.82) is 0 Å². The lowest BCUT2D eigenvalue weighted by atomic mass is 9.89. The third kappa shape index (κ3) is 4.85. The van der Waals surface area contributed by atoms with Gasteiger partial charge in [0.05, 0.1) is 5.92 Å². The van der Waals surface area contributed by atoms with Crippen LogP contribution < -0.4 is 10.6 Å². The normalized spacial score (nSPS) is 23.2. The van der Waals surface area contributed by atoms with Gasteiger partial charge in [-0.15, -0.1) is 0 Å². The molecule has 1 saturated heterocycles. The first-order valence-corrected chi connectivity index (χ1v) is 10.1. The number of nitrogens with zero attached hydrogens (tertiary/aromatic N) is 1. The number of benzene rings is 1. The van der Waals surface area contributed by atoms with Crippen molar-refractivity contribution < 1.29 is 9.59 Å². The Bertz CT molecular complexity index is 631. The van der Waals surface area contributed by atoms with Gasteiger partial charge < -0.3 is 15.5 Å². The third-order valence-electron chi connectivity index (χ3n) is 5.60. The van der Waals surface area contributed by atoms with Crippen LogP contribution in [0.4, 0.5) is 5.69 Å². The van der Waals surface area contributed by atoms with Gasteiger partial charge in [0.2, 0.25) is 11.8 Å². The Labute approximate surface area is 156 Å². The molecular weight excluding hydrogens is 326 g/mol. The van der Waals surface area contributed by atoms with E-state index < -0.39 is 0 Å². The van der Waals surface area contributed by atoms with Gasteiger partial charge in [0.25, 0.3) is 0 Å². The van der Waals surface area contributed by atoms with Gasteiger partial charge in [0.1, 0.15) is 0 Å². The molecule has 0 saturated carbocycles. The van der Waals surface area contributed by atoms with Crippen molar-refractivity contribution in [2.24, 2.45) is 5.92 Å². The van der Waals surface area contributed by atoms with Crippen LogP contribution in [0.15, 0.2) is 24.3 Å². The monoisotopic (exact) mass is 357 g/mol. The first-order chi connectivity index (χ1) is 12.7. The summed E-state index contributed by atoms with van der Waals surface area (Å²) in [4.78, 5) is 27.1. The summed E-state index contributed by atoms with van der Waals surface area (Å²) < 4.78 is 0. The van der Waals surface area contributed by atoms with E-state index in [0.29, 0.717) is 12.5 Å². The molecule has 2 aliphatic heterocycles. The Morgan fingerprint density at radius 3 is 3.04 bits per heavy atom. The predicted molar refractivity (Wildman–Crippen MR) is 104 cm³/mol. The Kier molecular flexibility index (Phi) is 6.67. The summed E-state index contributed by atoms with van der Waals surface area (Å²) in [5.74, 6) is 0.198. The average molecular weight is 357 g/mol. The van der Waals surface area contributed by atoms with Gasteiger partial charge in [-0.05, 0) is 56.3 Å². The SMILES string of the molecule is CCCCN1CCCC(CCNC(=O)C2CC(=O)Nc3ccccc32)C1. The Balaban J connectivity index is 1.48. The van der Waals surface area contributed by atoms with E-state index in [1.54, 1.807) is 0 Å². The van der Waals surface area contributed by atoms with Crippen molar-refractivity contribution in [2.45, 2.75) is 51.4 Å². The van der Waals surface area contributed by atoms with Crippen LogP contribution in [0.5, 0.6) is 0 Å². The number of unbranched alkanes of at least 4 members (excludes halogenated alkanes) is 1. The summed E-state index contributed by atoms with van der Waals surface area (Å²) >= 11 is 0. The summed E-state index contributed by atoms with van der Waals surface area (Å²) in [5, 5.41) is 5.93. The number of amides is 2. The minimum Gasteiger partial charge on any atom is -0.356 e. The second-order valence-corrected chi connectivity index (χ2v) is 7.63. The smallest absolute Gasteiger partial charge is 0.228 e. The molecule has 2 unspecified atom stereocenters. The molecule has 0 aromatic heterocycles. The fourth-order valence-corrected chi connectivity index (χ4v) is 4.14. The molecule has 2 aliphatic rings. The lowest BCUT2D eigenvalue weighted by Crippen LogP contribution is -2.39. The fraction of sp³-hybridized carbons (Fsp3) is 0.619. The minimum atomic E-state index is -0.368. The maximum absolute atomic E-state index is 12.7. The van der Waals surface area contributed by atoms with E-state index in [-0.39, 0.29) is 24.2 Å². The number of fused-ring (bicyclic) bond motifs is 1. The second kappa shape index (κ2) is 9.17. The van der Waals surface area contributed by atoms with Crippen molar-refractivity contribution in [3.63, 3.8) is 0 Å². The van der Waals surface area contributed by atoms with Crippen molar-refractivity contribution in [2.75, 3.05) is 31.5 Å². The van der Waals surface area contributed by atoms with Crippen LogP contribution in [-0.2, 0) is 9.59 Å². The number of hydrogen-bond acceptors (Lipinski definition) is 3. The number of hydrogen-bond donors (Lipinski definition) is 2. The Hall–Kier alpha value is -1.88. The summed E-state index contributed by atoms with van der Waals surface area (Å²) in [6.45, 7) is 6.51. The number of carbonyl (C=O) groups is 2. The third-order valence-corrected chi connectivity index (χ3v) is 5.60. The molecule has 26 heavy (non-hydrogen) atoms. The first-order valence-electron chi connectivity index (χ1n) is 10.1. The van der Waals surface area contributed by atoms with E-state index in [0.717, 1.165) is 24.2 Å². The molecule has 2 amide bonds. The lowest BCUT2D eigenvalue weighted by Gasteiger charge is -2.33. The molecule has 1 aromatic rings. The highest BCUT2D eigenvalue weighted by Crippen LogP contribution is 2.32. The predicted octanol–water partition coefficient (Wildman–Crippen LogP) is 3.13. The molecule has 2 heterocycles. The van der Waals surface area contributed by atoms with Gasteiger partial charge in [-0.25, -0.2) is 0 Å². The molecule has 5 heteroatoms. The summed E-state index contributed by atoms with van der Waals surface area (Å²) in [6.07, 6.45) is 6.29. The quantitative estimate of drug-likeness (QED) is 0.788. The molecule has 1 aromatic carbocycles. The lowest BCUT2D eigenvalue weighted by molar-refractivity contribution is -0.126. The summed E-state index contributed by atoms with van der Waals surface area (Å²) in [6, 6.07) is 7.60. The van der Waals surface area contributed by atoms with Crippen LogP contribution in [-0.4, -0.2) is 42.9 Å².